The van der Waals surface area contributed by atoms with E-state index < -0.39 is 11.7 Å². The van der Waals surface area contributed by atoms with Crippen molar-refractivity contribution in [1.29, 1.82) is 0 Å². The molecule has 2 aliphatic rings. The summed E-state index contributed by atoms with van der Waals surface area (Å²) in [4.78, 5) is 41.0. The van der Waals surface area contributed by atoms with Gasteiger partial charge in [0.25, 0.3) is 0 Å². The van der Waals surface area contributed by atoms with Crippen molar-refractivity contribution in [3.8, 4) is 5.75 Å². The zero-order valence-corrected chi connectivity index (χ0v) is 22.9. The van der Waals surface area contributed by atoms with Gasteiger partial charge in [0.2, 0.25) is 5.95 Å². The highest BCUT2D eigenvalue weighted by molar-refractivity contribution is 5.93. The maximum atomic E-state index is 12.3. The topological polar surface area (TPSA) is 135 Å². The largest absolute Gasteiger partial charge is 0.490 e. The summed E-state index contributed by atoms with van der Waals surface area (Å²) in [5, 5.41) is 2.91. The molecule has 2 aliphatic heterocycles. The molecule has 0 radical (unpaired) electrons. The Morgan fingerprint density at radius 1 is 1.16 bits per heavy atom. The van der Waals surface area contributed by atoms with Gasteiger partial charge < -0.3 is 30.3 Å². The summed E-state index contributed by atoms with van der Waals surface area (Å²) in [5.41, 5.74) is 5.30. The van der Waals surface area contributed by atoms with E-state index in [1.807, 2.05) is 39.5 Å². The van der Waals surface area contributed by atoms with Crippen LogP contribution in [-0.4, -0.2) is 77.3 Å². The highest BCUT2D eigenvalue weighted by Gasteiger charge is 2.27. The number of carbonyl (C=O) groups excluding carboxylic acids is 2. The quantitative estimate of drug-likeness (QED) is 0.303. The van der Waals surface area contributed by atoms with Crippen LogP contribution >= 0.6 is 0 Å². The van der Waals surface area contributed by atoms with Gasteiger partial charge in [-0.25, -0.2) is 19.6 Å². The maximum Gasteiger partial charge on any atom is 0.407 e. The van der Waals surface area contributed by atoms with Crippen LogP contribution in [0.2, 0.25) is 0 Å². The van der Waals surface area contributed by atoms with Gasteiger partial charge in [-0.1, -0.05) is 13.8 Å². The van der Waals surface area contributed by atoms with Crippen molar-refractivity contribution in [2.75, 3.05) is 37.7 Å². The number of anilines is 1. The fraction of sp³-hybridized carbons (Fsp3) is 0.731. The number of alkyl carbamates (subject to hydrolysis) is 1. The molecular formula is C26H43N7O4. The molecular weight excluding hydrogens is 474 g/mol. The van der Waals surface area contributed by atoms with Gasteiger partial charge in [-0.2, -0.15) is 4.99 Å². The van der Waals surface area contributed by atoms with Crippen LogP contribution in [0.3, 0.4) is 0 Å². The Hall–Kier alpha value is -3.11. The number of urea groups is 1. The second-order valence-corrected chi connectivity index (χ2v) is 11.2. The van der Waals surface area contributed by atoms with Crippen LogP contribution in [-0.2, 0) is 4.74 Å². The number of rotatable bonds is 8. The van der Waals surface area contributed by atoms with E-state index in [9.17, 15) is 9.59 Å². The third kappa shape index (κ3) is 9.36. The molecule has 206 valence electrons. The predicted molar refractivity (Wildman–Crippen MR) is 143 cm³/mol. The van der Waals surface area contributed by atoms with E-state index in [0.717, 1.165) is 51.7 Å². The molecule has 0 aliphatic carbocycles. The summed E-state index contributed by atoms with van der Waals surface area (Å²) in [6.45, 7) is 12.8. The zero-order valence-electron chi connectivity index (χ0n) is 22.9. The predicted octanol–water partition coefficient (Wildman–Crippen LogP) is 3.58. The first-order valence-electron chi connectivity index (χ1n) is 13.3. The Balaban J connectivity index is 1.32. The number of ether oxygens (including phenoxy) is 2. The minimum absolute atomic E-state index is 0.00487. The summed E-state index contributed by atoms with van der Waals surface area (Å²) in [5.74, 6) is 2.31. The third-order valence-electron chi connectivity index (χ3n) is 6.53. The van der Waals surface area contributed by atoms with Crippen molar-refractivity contribution < 1.29 is 19.1 Å². The van der Waals surface area contributed by atoms with Crippen LogP contribution in [0.4, 0.5) is 15.5 Å². The van der Waals surface area contributed by atoms with Gasteiger partial charge in [-0.15, -0.1) is 0 Å². The fourth-order valence-electron chi connectivity index (χ4n) is 4.37. The number of likely N-dealkylation sites (tertiary alicyclic amines) is 1. The summed E-state index contributed by atoms with van der Waals surface area (Å²) in [7, 11) is 0. The monoisotopic (exact) mass is 517 g/mol. The first kappa shape index (κ1) is 28.5. The van der Waals surface area contributed by atoms with Crippen LogP contribution in [0.5, 0.6) is 5.75 Å². The van der Waals surface area contributed by atoms with Crippen molar-refractivity contribution in [3.05, 3.63) is 12.4 Å². The molecule has 1 unspecified atom stereocenters. The Bertz CT molecular complexity index is 922. The zero-order chi connectivity index (χ0) is 27.0. The Labute approximate surface area is 220 Å². The number of amides is 3. The van der Waals surface area contributed by atoms with Crippen LogP contribution in [0.15, 0.2) is 17.4 Å². The number of nitrogens with zero attached hydrogens (tertiary/aromatic N) is 5. The number of hydrogen-bond donors (Lipinski definition) is 2. The average molecular weight is 518 g/mol. The SMILES string of the molecule is CC(C)/C(N)=N/C(=O)N1CCC(CCCOc2cnc(N3CCC(NC(=O)OC(C)(C)C)C3)nc2)CC1. The highest BCUT2D eigenvalue weighted by atomic mass is 16.6. The molecule has 37 heavy (non-hydrogen) atoms. The minimum atomic E-state index is -0.517. The Kier molecular flexibility index (Phi) is 9.93. The molecule has 0 bridgehead atoms. The molecule has 2 fully saturated rings. The van der Waals surface area contributed by atoms with E-state index in [-0.39, 0.29) is 18.0 Å². The van der Waals surface area contributed by atoms with Crippen molar-refractivity contribution in [2.24, 2.45) is 22.6 Å². The van der Waals surface area contributed by atoms with E-state index in [4.69, 9.17) is 15.2 Å². The van der Waals surface area contributed by atoms with Crippen molar-refractivity contribution in [2.45, 2.75) is 78.4 Å². The molecule has 2 saturated heterocycles. The molecule has 1 atom stereocenters. The normalized spacial score (nSPS) is 19.3. The molecule has 0 saturated carbocycles. The van der Waals surface area contributed by atoms with E-state index in [0.29, 0.717) is 36.6 Å². The number of carbonyl (C=O) groups is 2. The molecule has 3 heterocycles. The summed E-state index contributed by atoms with van der Waals surface area (Å²) in [6, 6.07) is -0.217. The lowest BCUT2D eigenvalue weighted by Crippen LogP contribution is -2.40. The van der Waals surface area contributed by atoms with Crippen LogP contribution < -0.4 is 20.7 Å². The number of nitrogens with one attached hydrogen (secondary N) is 1. The molecule has 3 N–H and O–H groups in total. The summed E-state index contributed by atoms with van der Waals surface area (Å²) in [6.07, 6.45) is 7.74. The first-order valence-corrected chi connectivity index (χ1v) is 13.3. The van der Waals surface area contributed by atoms with Crippen molar-refractivity contribution in [3.63, 3.8) is 0 Å². The Morgan fingerprint density at radius 3 is 2.46 bits per heavy atom. The van der Waals surface area contributed by atoms with Gasteiger partial charge in [-0.3, -0.25) is 0 Å². The van der Waals surface area contributed by atoms with E-state index in [1.165, 1.54) is 0 Å². The standard InChI is InChI=1S/C26H43N7O4/c1-18(2)22(27)31-24(34)32-11-8-19(9-12-32)7-6-14-36-21-15-28-23(29-16-21)33-13-10-20(17-33)30-25(35)37-26(3,4)5/h15-16,18-20H,6-14,17H2,1-5H3,(H,30,35)(H2,27,31,34). The van der Waals surface area contributed by atoms with Gasteiger partial charge in [-0.05, 0) is 58.8 Å². The lowest BCUT2D eigenvalue weighted by Gasteiger charge is -2.30. The van der Waals surface area contributed by atoms with Crippen LogP contribution in [0, 0.1) is 11.8 Å². The second-order valence-electron chi connectivity index (χ2n) is 11.2. The van der Waals surface area contributed by atoms with Crippen LogP contribution in [0.1, 0.15) is 66.7 Å². The van der Waals surface area contributed by atoms with E-state index in [1.54, 1.807) is 17.3 Å². The number of aromatic nitrogens is 2. The number of hydrogen-bond acceptors (Lipinski definition) is 7. The number of piperidine rings is 1. The van der Waals surface area contributed by atoms with Crippen LogP contribution in [0.25, 0.3) is 0 Å². The molecule has 0 aromatic carbocycles. The summed E-state index contributed by atoms with van der Waals surface area (Å²) < 4.78 is 11.2. The molecule has 3 amide bonds. The van der Waals surface area contributed by atoms with Crippen molar-refractivity contribution >= 4 is 23.9 Å². The minimum Gasteiger partial charge on any atom is -0.490 e. The Morgan fingerprint density at radius 2 is 1.84 bits per heavy atom. The number of nitrogens with two attached hydrogens (primary N) is 1. The van der Waals surface area contributed by atoms with Gasteiger partial charge in [0.15, 0.2) is 5.75 Å². The van der Waals surface area contributed by atoms with E-state index >= 15 is 0 Å². The molecule has 1 aromatic rings. The van der Waals surface area contributed by atoms with Crippen molar-refractivity contribution in [1.82, 2.24) is 20.2 Å². The molecule has 1 aromatic heterocycles. The fourth-order valence-corrected chi connectivity index (χ4v) is 4.37. The molecule has 11 nitrogen and oxygen atoms in total. The highest BCUT2D eigenvalue weighted by Crippen LogP contribution is 2.23. The van der Waals surface area contributed by atoms with E-state index in [2.05, 4.69) is 20.3 Å². The molecule has 3 rings (SSSR count). The van der Waals surface area contributed by atoms with Gasteiger partial charge in [0.05, 0.1) is 25.0 Å². The number of aliphatic imine (C=N–C) groups is 1. The smallest absolute Gasteiger partial charge is 0.407 e. The number of amidine groups is 1. The van der Waals surface area contributed by atoms with Gasteiger partial charge in [0, 0.05) is 32.1 Å². The lowest BCUT2D eigenvalue weighted by atomic mass is 9.92. The molecule has 11 heteroatoms. The maximum absolute atomic E-state index is 12.3. The third-order valence-corrected chi connectivity index (χ3v) is 6.53. The second kappa shape index (κ2) is 12.9. The molecule has 0 spiro atoms. The summed E-state index contributed by atoms with van der Waals surface area (Å²) >= 11 is 0. The average Bonchev–Trinajstić information content (AvgIpc) is 3.29. The van der Waals surface area contributed by atoms with Gasteiger partial charge in [0.1, 0.15) is 11.4 Å². The lowest BCUT2D eigenvalue weighted by molar-refractivity contribution is 0.0509. The van der Waals surface area contributed by atoms with Gasteiger partial charge >= 0.3 is 12.1 Å². The first-order chi connectivity index (χ1) is 17.5.